The first-order valence-corrected chi connectivity index (χ1v) is 9.07. The number of rotatable bonds is 7. The zero-order valence-corrected chi connectivity index (χ0v) is 15.0. The number of carbonyl (C=O) groups is 1. The zero-order chi connectivity index (χ0) is 19.1. The van der Waals surface area contributed by atoms with Gasteiger partial charge < -0.3 is 10.1 Å². The molecule has 3 rings (SSSR count). The lowest BCUT2D eigenvalue weighted by atomic mass is 10.2. The lowest BCUT2D eigenvalue weighted by molar-refractivity contribution is -0.0501. The number of carbonyl (C=O) groups excluding carboxylic acids is 1. The number of thioether (sulfide) groups is 1. The van der Waals surface area contributed by atoms with Gasteiger partial charge in [0.15, 0.2) is 0 Å². The van der Waals surface area contributed by atoms with Crippen LogP contribution in [0.5, 0.6) is 5.75 Å². The van der Waals surface area contributed by atoms with E-state index in [1.54, 1.807) is 36.2 Å². The predicted octanol–water partition coefficient (Wildman–Crippen LogP) is 5.23. The van der Waals surface area contributed by atoms with Crippen molar-refractivity contribution in [1.29, 1.82) is 0 Å². The standard InChI is InChI=1S/C20H16F2N2O2S/c21-20(22)26-18-6-2-1-5-17(18)19(25)24-15-7-9-16(10-8-15)27-13-14-4-3-11-23-12-14/h1-12,20H,13H2,(H,24,25). The molecule has 2 aromatic carbocycles. The second-order valence-corrected chi connectivity index (χ2v) is 6.55. The average molecular weight is 386 g/mol. The SMILES string of the molecule is O=C(Nc1ccc(SCc2cccnc2)cc1)c1ccccc1OC(F)F. The molecule has 0 saturated heterocycles. The van der Waals surface area contributed by atoms with Crippen LogP contribution in [0.1, 0.15) is 15.9 Å². The molecule has 0 atom stereocenters. The minimum Gasteiger partial charge on any atom is -0.434 e. The quantitative estimate of drug-likeness (QED) is 0.565. The molecule has 1 aromatic heterocycles. The summed E-state index contributed by atoms with van der Waals surface area (Å²) in [5.41, 5.74) is 1.74. The molecule has 0 aliphatic rings. The van der Waals surface area contributed by atoms with Crippen molar-refractivity contribution < 1.29 is 18.3 Å². The summed E-state index contributed by atoms with van der Waals surface area (Å²) in [6.45, 7) is -2.99. The van der Waals surface area contributed by atoms with Crippen molar-refractivity contribution >= 4 is 23.4 Å². The summed E-state index contributed by atoms with van der Waals surface area (Å²) in [5.74, 6) is 0.119. The Morgan fingerprint density at radius 1 is 1.07 bits per heavy atom. The third kappa shape index (κ3) is 5.52. The first-order valence-electron chi connectivity index (χ1n) is 8.09. The highest BCUT2D eigenvalue weighted by atomic mass is 32.2. The monoisotopic (exact) mass is 386 g/mol. The fourth-order valence-electron chi connectivity index (χ4n) is 2.34. The van der Waals surface area contributed by atoms with E-state index in [4.69, 9.17) is 0 Å². The number of benzene rings is 2. The Labute approximate surface area is 159 Å². The van der Waals surface area contributed by atoms with Crippen molar-refractivity contribution in [3.63, 3.8) is 0 Å². The van der Waals surface area contributed by atoms with Crippen LogP contribution in [0.25, 0.3) is 0 Å². The molecule has 0 saturated carbocycles. The second kappa shape index (κ2) is 9.14. The number of amides is 1. The maximum atomic E-state index is 12.5. The number of ether oxygens (including phenoxy) is 1. The molecule has 0 bridgehead atoms. The van der Waals surface area contributed by atoms with E-state index in [-0.39, 0.29) is 11.3 Å². The Morgan fingerprint density at radius 3 is 2.56 bits per heavy atom. The molecule has 7 heteroatoms. The molecule has 1 amide bonds. The molecule has 138 valence electrons. The second-order valence-electron chi connectivity index (χ2n) is 5.50. The smallest absolute Gasteiger partial charge is 0.387 e. The molecule has 1 N–H and O–H groups in total. The van der Waals surface area contributed by atoms with Crippen LogP contribution >= 0.6 is 11.8 Å². The Hall–Kier alpha value is -2.93. The third-order valence-electron chi connectivity index (χ3n) is 3.59. The van der Waals surface area contributed by atoms with Crippen molar-refractivity contribution in [1.82, 2.24) is 4.98 Å². The van der Waals surface area contributed by atoms with E-state index in [0.717, 1.165) is 16.2 Å². The Kier molecular flexibility index (Phi) is 6.38. The van der Waals surface area contributed by atoms with Gasteiger partial charge in [-0.1, -0.05) is 18.2 Å². The summed E-state index contributed by atoms with van der Waals surface area (Å²) < 4.78 is 29.3. The fraction of sp³-hybridized carbons (Fsp3) is 0.100. The summed E-state index contributed by atoms with van der Waals surface area (Å²) in [4.78, 5) is 17.5. The number of nitrogens with one attached hydrogen (secondary N) is 1. The summed E-state index contributed by atoms with van der Waals surface area (Å²) in [6.07, 6.45) is 3.55. The van der Waals surface area contributed by atoms with Crippen molar-refractivity contribution in [2.24, 2.45) is 0 Å². The van der Waals surface area contributed by atoms with Crippen LogP contribution < -0.4 is 10.1 Å². The van der Waals surface area contributed by atoms with E-state index < -0.39 is 12.5 Å². The van der Waals surface area contributed by atoms with Crippen molar-refractivity contribution in [2.75, 3.05) is 5.32 Å². The summed E-state index contributed by atoms with van der Waals surface area (Å²) in [6, 6.07) is 17.1. The number of hydrogen-bond donors (Lipinski definition) is 1. The van der Waals surface area contributed by atoms with Gasteiger partial charge in [-0.2, -0.15) is 8.78 Å². The van der Waals surface area contributed by atoms with Crippen LogP contribution in [0.2, 0.25) is 0 Å². The molecule has 3 aromatic rings. The Balaban J connectivity index is 1.62. The van der Waals surface area contributed by atoms with Crippen LogP contribution in [0, 0.1) is 0 Å². The highest BCUT2D eigenvalue weighted by molar-refractivity contribution is 7.98. The zero-order valence-electron chi connectivity index (χ0n) is 14.1. The molecular formula is C20H16F2N2O2S. The number of halogens is 2. The van der Waals surface area contributed by atoms with E-state index in [2.05, 4.69) is 15.0 Å². The number of alkyl halides is 2. The van der Waals surface area contributed by atoms with Gasteiger partial charge in [0.2, 0.25) is 0 Å². The van der Waals surface area contributed by atoms with Gasteiger partial charge in [-0.15, -0.1) is 11.8 Å². The molecule has 0 aliphatic carbocycles. The van der Waals surface area contributed by atoms with Gasteiger partial charge in [-0.25, -0.2) is 0 Å². The van der Waals surface area contributed by atoms with E-state index in [1.807, 2.05) is 30.5 Å². The van der Waals surface area contributed by atoms with Crippen molar-refractivity contribution in [3.05, 3.63) is 84.2 Å². The van der Waals surface area contributed by atoms with E-state index in [9.17, 15) is 13.6 Å². The minimum absolute atomic E-state index is 0.0489. The minimum atomic E-state index is -2.99. The number of hydrogen-bond acceptors (Lipinski definition) is 4. The molecule has 1 heterocycles. The molecule has 0 radical (unpaired) electrons. The van der Waals surface area contributed by atoms with Gasteiger partial charge >= 0.3 is 6.61 Å². The number of pyridine rings is 1. The van der Waals surface area contributed by atoms with Gasteiger partial charge in [-0.3, -0.25) is 9.78 Å². The van der Waals surface area contributed by atoms with Gasteiger partial charge in [0.25, 0.3) is 5.91 Å². The highest BCUT2D eigenvalue weighted by Gasteiger charge is 2.15. The van der Waals surface area contributed by atoms with Gasteiger partial charge in [0.1, 0.15) is 5.75 Å². The largest absolute Gasteiger partial charge is 0.434 e. The Bertz CT molecular complexity index is 890. The molecule has 27 heavy (non-hydrogen) atoms. The van der Waals surface area contributed by atoms with E-state index in [0.29, 0.717) is 5.69 Å². The number of nitrogens with zero attached hydrogens (tertiary/aromatic N) is 1. The predicted molar refractivity (Wildman–Crippen MR) is 101 cm³/mol. The molecule has 0 spiro atoms. The van der Waals surface area contributed by atoms with E-state index >= 15 is 0 Å². The van der Waals surface area contributed by atoms with Crippen LogP contribution in [0.15, 0.2) is 78.0 Å². The van der Waals surface area contributed by atoms with Crippen molar-refractivity contribution in [3.8, 4) is 5.75 Å². The lowest BCUT2D eigenvalue weighted by Gasteiger charge is -2.11. The van der Waals surface area contributed by atoms with Crippen LogP contribution in [-0.2, 0) is 5.75 Å². The molecular weight excluding hydrogens is 370 g/mol. The highest BCUT2D eigenvalue weighted by Crippen LogP contribution is 2.25. The number of aromatic nitrogens is 1. The number of anilines is 1. The first-order chi connectivity index (χ1) is 13.1. The van der Waals surface area contributed by atoms with Crippen LogP contribution in [0.4, 0.5) is 14.5 Å². The summed E-state index contributed by atoms with van der Waals surface area (Å²) >= 11 is 1.65. The maximum Gasteiger partial charge on any atom is 0.387 e. The maximum absolute atomic E-state index is 12.5. The molecule has 0 fully saturated rings. The van der Waals surface area contributed by atoms with E-state index in [1.165, 1.54) is 18.2 Å². The van der Waals surface area contributed by atoms with Crippen molar-refractivity contribution in [2.45, 2.75) is 17.3 Å². The number of para-hydroxylation sites is 1. The summed E-state index contributed by atoms with van der Waals surface area (Å²) in [5, 5.41) is 2.69. The fourth-order valence-corrected chi connectivity index (χ4v) is 3.17. The van der Waals surface area contributed by atoms with Gasteiger partial charge in [0.05, 0.1) is 5.56 Å². The third-order valence-corrected chi connectivity index (χ3v) is 4.67. The average Bonchev–Trinajstić information content (AvgIpc) is 2.68. The topological polar surface area (TPSA) is 51.2 Å². The molecule has 0 aliphatic heterocycles. The summed E-state index contributed by atoms with van der Waals surface area (Å²) in [7, 11) is 0. The lowest BCUT2D eigenvalue weighted by Crippen LogP contribution is -2.14. The molecule has 4 nitrogen and oxygen atoms in total. The van der Waals surface area contributed by atoms with Crippen LogP contribution in [0.3, 0.4) is 0 Å². The van der Waals surface area contributed by atoms with Gasteiger partial charge in [-0.05, 0) is 48.0 Å². The Morgan fingerprint density at radius 2 is 1.85 bits per heavy atom. The van der Waals surface area contributed by atoms with Gasteiger partial charge in [0, 0.05) is 28.7 Å². The van der Waals surface area contributed by atoms with Crippen LogP contribution in [-0.4, -0.2) is 17.5 Å². The first kappa shape index (κ1) is 18.8. The normalized spacial score (nSPS) is 10.6. The molecule has 0 unspecified atom stereocenters.